The molecule has 4 heteroatoms. The quantitative estimate of drug-likeness (QED) is 0.848. The van der Waals surface area contributed by atoms with Gasteiger partial charge in [-0.3, -0.25) is 0 Å². The van der Waals surface area contributed by atoms with Crippen LogP contribution < -0.4 is 10.1 Å². The molecule has 1 rings (SSSR count). The Morgan fingerprint density at radius 3 is 2.68 bits per heavy atom. The van der Waals surface area contributed by atoms with Gasteiger partial charge in [0.1, 0.15) is 18.0 Å². The number of para-hydroxylation sites is 1. The molecule has 0 spiro atoms. The summed E-state index contributed by atoms with van der Waals surface area (Å²) in [5, 5.41) is 2.68. The van der Waals surface area contributed by atoms with Crippen molar-refractivity contribution in [2.24, 2.45) is 0 Å². The van der Waals surface area contributed by atoms with E-state index in [2.05, 4.69) is 11.2 Å². The Morgan fingerprint density at radius 1 is 1.37 bits per heavy atom. The molecular weight excluding hydrogens is 242 g/mol. The van der Waals surface area contributed by atoms with E-state index in [1.807, 2.05) is 45.0 Å². The number of nitrogens with one attached hydrogen (secondary N) is 1. The van der Waals surface area contributed by atoms with Gasteiger partial charge in [-0.05, 0) is 26.8 Å². The van der Waals surface area contributed by atoms with Crippen molar-refractivity contribution in [3.63, 3.8) is 0 Å². The van der Waals surface area contributed by atoms with E-state index in [4.69, 9.17) is 15.9 Å². The van der Waals surface area contributed by atoms with Crippen molar-refractivity contribution in [2.45, 2.75) is 32.9 Å². The molecular formula is C15H19NO3. The van der Waals surface area contributed by atoms with Crippen LogP contribution in [0.3, 0.4) is 0 Å². The third kappa shape index (κ3) is 5.82. The first-order valence-corrected chi connectivity index (χ1v) is 6.03. The number of benzene rings is 1. The summed E-state index contributed by atoms with van der Waals surface area (Å²) in [6.07, 6.45) is 4.69. The van der Waals surface area contributed by atoms with Gasteiger partial charge in [0.05, 0.1) is 0 Å². The van der Waals surface area contributed by atoms with Gasteiger partial charge in [0.25, 0.3) is 0 Å². The molecule has 0 aromatic heterocycles. The molecule has 0 saturated carbocycles. The van der Waals surface area contributed by atoms with E-state index in [0.29, 0.717) is 12.3 Å². The maximum Gasteiger partial charge on any atom is 0.407 e. The normalized spacial score (nSPS) is 10.4. The molecule has 0 aliphatic carbocycles. The SMILES string of the molecule is C#CCOc1ccccc1CNC(=O)OC(C)(C)C. The number of carbonyl (C=O) groups excluding carboxylic acids is 1. The average molecular weight is 261 g/mol. The summed E-state index contributed by atoms with van der Waals surface area (Å²) in [6.45, 7) is 5.97. The van der Waals surface area contributed by atoms with Crippen molar-refractivity contribution in [1.82, 2.24) is 5.32 Å². The molecule has 102 valence electrons. The Bertz CT molecular complexity index is 469. The maximum atomic E-state index is 11.6. The van der Waals surface area contributed by atoms with Crippen LogP contribution in [-0.2, 0) is 11.3 Å². The largest absolute Gasteiger partial charge is 0.481 e. The van der Waals surface area contributed by atoms with Crippen LogP contribution in [0.5, 0.6) is 5.75 Å². The molecule has 0 radical (unpaired) electrons. The molecule has 19 heavy (non-hydrogen) atoms. The summed E-state index contributed by atoms with van der Waals surface area (Å²) in [4.78, 5) is 11.6. The molecule has 1 aromatic rings. The minimum Gasteiger partial charge on any atom is -0.481 e. The highest BCUT2D eigenvalue weighted by Crippen LogP contribution is 2.17. The van der Waals surface area contributed by atoms with Crippen molar-refractivity contribution in [1.29, 1.82) is 0 Å². The van der Waals surface area contributed by atoms with Gasteiger partial charge in [0.2, 0.25) is 0 Å². The minimum absolute atomic E-state index is 0.198. The fourth-order valence-electron chi connectivity index (χ4n) is 1.39. The molecule has 0 aliphatic rings. The van der Waals surface area contributed by atoms with Gasteiger partial charge in [-0.2, -0.15) is 0 Å². The van der Waals surface area contributed by atoms with Crippen molar-refractivity contribution < 1.29 is 14.3 Å². The lowest BCUT2D eigenvalue weighted by Gasteiger charge is -2.20. The van der Waals surface area contributed by atoms with Crippen molar-refractivity contribution in [3.8, 4) is 18.1 Å². The molecule has 1 aromatic carbocycles. The molecule has 0 atom stereocenters. The summed E-state index contributed by atoms with van der Waals surface area (Å²) < 4.78 is 10.5. The molecule has 0 heterocycles. The maximum absolute atomic E-state index is 11.6. The van der Waals surface area contributed by atoms with Crippen molar-refractivity contribution >= 4 is 6.09 Å². The van der Waals surface area contributed by atoms with Gasteiger partial charge in [-0.15, -0.1) is 6.42 Å². The third-order valence-corrected chi connectivity index (χ3v) is 2.11. The first-order chi connectivity index (χ1) is 8.92. The third-order valence-electron chi connectivity index (χ3n) is 2.11. The van der Waals surface area contributed by atoms with Gasteiger partial charge >= 0.3 is 6.09 Å². The van der Waals surface area contributed by atoms with Crippen LogP contribution in [0, 0.1) is 12.3 Å². The van der Waals surface area contributed by atoms with Crippen LogP contribution in [0.15, 0.2) is 24.3 Å². The van der Waals surface area contributed by atoms with Gasteiger partial charge in [-0.1, -0.05) is 24.1 Å². The number of alkyl carbamates (subject to hydrolysis) is 1. The first-order valence-electron chi connectivity index (χ1n) is 6.03. The summed E-state index contributed by atoms with van der Waals surface area (Å²) in [5.41, 5.74) is 0.340. The zero-order chi connectivity index (χ0) is 14.3. The standard InChI is InChI=1S/C15H19NO3/c1-5-10-18-13-9-7-6-8-12(13)11-16-14(17)19-15(2,3)4/h1,6-9H,10-11H2,2-4H3,(H,16,17). The van der Waals surface area contributed by atoms with Crippen molar-refractivity contribution in [3.05, 3.63) is 29.8 Å². The monoisotopic (exact) mass is 261 g/mol. The molecule has 0 aliphatic heterocycles. The van der Waals surface area contributed by atoms with E-state index < -0.39 is 11.7 Å². The molecule has 0 fully saturated rings. The predicted octanol–water partition coefficient (Wildman–Crippen LogP) is 2.72. The highest BCUT2D eigenvalue weighted by molar-refractivity contribution is 5.67. The lowest BCUT2D eigenvalue weighted by molar-refractivity contribution is 0.0523. The molecule has 1 amide bonds. The highest BCUT2D eigenvalue weighted by Gasteiger charge is 2.16. The predicted molar refractivity (Wildman–Crippen MR) is 73.8 cm³/mol. The number of amides is 1. The molecule has 1 N–H and O–H groups in total. The van der Waals surface area contributed by atoms with Gasteiger partial charge in [0, 0.05) is 12.1 Å². The van der Waals surface area contributed by atoms with Crippen LogP contribution in [0.4, 0.5) is 4.79 Å². The van der Waals surface area contributed by atoms with Crippen LogP contribution in [0.25, 0.3) is 0 Å². The van der Waals surface area contributed by atoms with E-state index in [-0.39, 0.29) is 6.61 Å². The number of ether oxygens (including phenoxy) is 2. The van der Waals surface area contributed by atoms with Gasteiger partial charge < -0.3 is 14.8 Å². The Hall–Kier alpha value is -2.15. The summed E-state index contributed by atoms with van der Waals surface area (Å²) in [5.74, 6) is 3.07. The van der Waals surface area contributed by atoms with Crippen LogP contribution in [-0.4, -0.2) is 18.3 Å². The van der Waals surface area contributed by atoms with Gasteiger partial charge in [0.15, 0.2) is 0 Å². The fraction of sp³-hybridized carbons (Fsp3) is 0.400. The topological polar surface area (TPSA) is 47.6 Å². The molecule has 0 unspecified atom stereocenters. The van der Waals surface area contributed by atoms with Crippen molar-refractivity contribution in [2.75, 3.05) is 6.61 Å². The van der Waals surface area contributed by atoms with E-state index in [0.717, 1.165) is 5.56 Å². The molecule has 0 saturated heterocycles. The Kier molecular flexibility index (Phi) is 5.25. The summed E-state index contributed by atoms with van der Waals surface area (Å²) in [7, 11) is 0. The molecule has 4 nitrogen and oxygen atoms in total. The van der Waals surface area contributed by atoms with Crippen LogP contribution in [0.2, 0.25) is 0 Å². The second kappa shape index (κ2) is 6.69. The number of terminal acetylenes is 1. The number of hydrogen-bond donors (Lipinski definition) is 1. The lowest BCUT2D eigenvalue weighted by atomic mass is 10.2. The van der Waals surface area contributed by atoms with E-state index in [1.54, 1.807) is 0 Å². The lowest BCUT2D eigenvalue weighted by Crippen LogP contribution is -2.32. The zero-order valence-electron chi connectivity index (χ0n) is 11.5. The number of hydrogen-bond acceptors (Lipinski definition) is 3. The first kappa shape index (κ1) is 14.9. The number of carbonyl (C=O) groups is 1. The second-order valence-corrected chi connectivity index (χ2v) is 4.96. The Balaban J connectivity index is 2.58. The zero-order valence-corrected chi connectivity index (χ0v) is 11.5. The van der Waals surface area contributed by atoms with Crippen LogP contribution >= 0.6 is 0 Å². The van der Waals surface area contributed by atoms with E-state index in [9.17, 15) is 4.79 Å². The van der Waals surface area contributed by atoms with Gasteiger partial charge in [-0.25, -0.2) is 4.79 Å². The summed E-state index contributed by atoms with van der Waals surface area (Å²) in [6, 6.07) is 7.39. The smallest absolute Gasteiger partial charge is 0.407 e. The Morgan fingerprint density at radius 2 is 2.05 bits per heavy atom. The average Bonchev–Trinajstić information content (AvgIpc) is 2.32. The second-order valence-electron chi connectivity index (χ2n) is 4.96. The highest BCUT2D eigenvalue weighted by atomic mass is 16.6. The van der Waals surface area contributed by atoms with E-state index in [1.165, 1.54) is 0 Å². The Labute approximate surface area is 114 Å². The summed E-state index contributed by atoms with van der Waals surface area (Å²) >= 11 is 0. The number of rotatable bonds is 4. The minimum atomic E-state index is -0.510. The van der Waals surface area contributed by atoms with E-state index >= 15 is 0 Å². The van der Waals surface area contributed by atoms with Crippen LogP contribution in [0.1, 0.15) is 26.3 Å². The fourth-order valence-corrected chi connectivity index (χ4v) is 1.39. The molecule has 0 bridgehead atoms.